The normalized spacial score (nSPS) is 18.0. The highest BCUT2D eigenvalue weighted by Gasteiger charge is 2.45. The molecule has 0 bridgehead atoms. The molecule has 5 N–H and O–H groups in total. The molecule has 0 spiro atoms. The predicted molar refractivity (Wildman–Crippen MR) is 220 cm³/mol. The number of ether oxygens (including phenoxy) is 2. The third kappa shape index (κ3) is 8.77. The van der Waals surface area contributed by atoms with E-state index >= 15 is 0 Å². The van der Waals surface area contributed by atoms with Crippen LogP contribution in [0.4, 0.5) is 17.3 Å². The van der Waals surface area contributed by atoms with Crippen LogP contribution in [0.5, 0.6) is 0 Å². The number of aromatic nitrogens is 3. The van der Waals surface area contributed by atoms with Crippen LogP contribution in [-0.2, 0) is 23.9 Å². The minimum atomic E-state index is -1.04. The van der Waals surface area contributed by atoms with Crippen LogP contribution in [0.25, 0.3) is 23.2 Å². The lowest BCUT2D eigenvalue weighted by Crippen LogP contribution is -2.54. The van der Waals surface area contributed by atoms with Crippen LogP contribution in [0.1, 0.15) is 65.4 Å². The van der Waals surface area contributed by atoms with E-state index < -0.39 is 35.8 Å². The van der Waals surface area contributed by atoms with Gasteiger partial charge in [-0.2, -0.15) is 0 Å². The van der Waals surface area contributed by atoms with Crippen molar-refractivity contribution < 1.29 is 33.4 Å². The van der Waals surface area contributed by atoms with Crippen molar-refractivity contribution in [1.29, 1.82) is 0 Å². The number of carbonyl (C=O) groups is 5. The van der Waals surface area contributed by atoms with Gasteiger partial charge in [0.05, 0.1) is 49.5 Å². The van der Waals surface area contributed by atoms with E-state index in [0.717, 1.165) is 22.8 Å². The van der Waals surface area contributed by atoms with Crippen molar-refractivity contribution in [2.75, 3.05) is 56.0 Å². The van der Waals surface area contributed by atoms with Gasteiger partial charge in [0.1, 0.15) is 35.4 Å². The van der Waals surface area contributed by atoms with Crippen molar-refractivity contribution in [1.82, 2.24) is 30.1 Å². The van der Waals surface area contributed by atoms with Crippen LogP contribution in [0.15, 0.2) is 74.0 Å². The highest BCUT2D eigenvalue weighted by Crippen LogP contribution is 2.41. The van der Waals surface area contributed by atoms with Gasteiger partial charge in [0.15, 0.2) is 0 Å². The van der Waals surface area contributed by atoms with Crippen molar-refractivity contribution in [3.63, 3.8) is 0 Å². The monoisotopic (exact) mass is 791 g/mol. The molecular weight excluding hydrogens is 743 g/mol. The van der Waals surface area contributed by atoms with E-state index in [-0.39, 0.29) is 68.6 Å². The summed E-state index contributed by atoms with van der Waals surface area (Å²) in [6.45, 7) is 11.3. The Morgan fingerprint density at radius 3 is 2.55 bits per heavy atom. The van der Waals surface area contributed by atoms with E-state index in [2.05, 4.69) is 51.7 Å². The molecule has 2 aromatic heterocycles. The van der Waals surface area contributed by atoms with Gasteiger partial charge in [-0.05, 0) is 43.2 Å². The average molecular weight is 792 g/mol. The van der Waals surface area contributed by atoms with Crippen LogP contribution >= 0.6 is 0 Å². The number of piperidine rings is 1. The quantitative estimate of drug-likeness (QED) is 0.0556. The molecule has 1 aliphatic carbocycles. The number of hydrogen-bond acceptors (Lipinski definition) is 12. The topological polar surface area (TPSA) is 203 Å². The third-order valence-corrected chi connectivity index (χ3v) is 10.2. The second kappa shape index (κ2) is 18.7. The van der Waals surface area contributed by atoms with Gasteiger partial charge in [0, 0.05) is 49.9 Å². The minimum absolute atomic E-state index is 0.0461. The predicted octanol–water partition coefficient (Wildman–Crippen LogP) is 4.00. The Labute approximate surface area is 336 Å². The summed E-state index contributed by atoms with van der Waals surface area (Å²) in [7, 11) is 1.91. The Balaban J connectivity index is 0.989. The zero-order valence-electron chi connectivity index (χ0n) is 32.7. The molecule has 3 aromatic rings. The molecule has 3 atom stereocenters. The summed E-state index contributed by atoms with van der Waals surface area (Å²) < 4.78 is 13.5. The van der Waals surface area contributed by atoms with E-state index in [1.807, 2.05) is 36.2 Å². The molecule has 4 heterocycles. The number of allylic oxidation sites excluding steroid dienone is 4. The fourth-order valence-electron chi connectivity index (χ4n) is 7.14. The summed E-state index contributed by atoms with van der Waals surface area (Å²) in [6.07, 6.45) is 12.2. The molecule has 6 rings (SSSR count). The molecule has 16 heteroatoms. The van der Waals surface area contributed by atoms with E-state index in [1.165, 1.54) is 0 Å². The second-order valence-electron chi connectivity index (χ2n) is 14.1. The largest absolute Gasteiger partial charge is 0.383 e. The molecule has 1 fully saturated rings. The fraction of sp³-hybridized carbons (Fsp3) is 0.357. The van der Waals surface area contributed by atoms with Gasteiger partial charge in [-0.1, -0.05) is 50.5 Å². The maximum atomic E-state index is 13.3. The minimum Gasteiger partial charge on any atom is -0.383 e. The molecule has 2 unspecified atom stereocenters. The van der Waals surface area contributed by atoms with Crippen LogP contribution in [0, 0.1) is 5.92 Å². The number of nitrogen functional groups attached to an aromatic ring is 1. The number of fused-ring (bicyclic) bond motifs is 1. The van der Waals surface area contributed by atoms with Crippen molar-refractivity contribution >= 4 is 58.6 Å². The average Bonchev–Trinajstić information content (AvgIpc) is 3.70. The molecule has 5 amide bonds. The van der Waals surface area contributed by atoms with E-state index in [4.69, 9.17) is 20.2 Å². The van der Waals surface area contributed by atoms with E-state index in [9.17, 15) is 24.0 Å². The number of nitrogens with one attached hydrogen (secondary N) is 3. The summed E-state index contributed by atoms with van der Waals surface area (Å²) in [5.74, 6) is -0.400. The second-order valence-corrected chi connectivity index (χ2v) is 14.1. The molecule has 2 aliphatic heterocycles. The summed E-state index contributed by atoms with van der Waals surface area (Å²) in [4.78, 5) is 75.8. The summed E-state index contributed by atoms with van der Waals surface area (Å²) in [5, 5.41) is 8.49. The number of amides is 5. The number of hydrogen-bond donors (Lipinski definition) is 4. The Bertz CT molecular complexity index is 2160. The summed E-state index contributed by atoms with van der Waals surface area (Å²) >= 11 is 0. The molecular formula is C42H49N9O7. The van der Waals surface area contributed by atoms with E-state index in [0.29, 0.717) is 41.6 Å². The first-order valence-electron chi connectivity index (χ1n) is 19.3. The Hall–Kier alpha value is -6.39. The number of imide groups is 2. The Kier molecular flexibility index (Phi) is 13.3. The maximum absolute atomic E-state index is 13.3. The van der Waals surface area contributed by atoms with Gasteiger partial charge in [0.2, 0.25) is 17.7 Å². The fourth-order valence-corrected chi connectivity index (χ4v) is 7.14. The lowest BCUT2D eigenvalue weighted by atomic mass is 9.92. The van der Waals surface area contributed by atoms with Crippen molar-refractivity contribution in [3.8, 4) is 11.4 Å². The Morgan fingerprint density at radius 1 is 1.09 bits per heavy atom. The first kappa shape index (κ1) is 41.2. The van der Waals surface area contributed by atoms with Gasteiger partial charge in [-0.15, -0.1) is 0 Å². The van der Waals surface area contributed by atoms with Gasteiger partial charge in [-0.3, -0.25) is 38.8 Å². The number of benzene rings is 1. The molecule has 58 heavy (non-hydrogen) atoms. The molecule has 1 saturated heterocycles. The van der Waals surface area contributed by atoms with Crippen molar-refractivity contribution in [2.45, 2.75) is 51.2 Å². The number of anilines is 3. The summed E-state index contributed by atoms with van der Waals surface area (Å²) in [6, 6.07) is 7.54. The molecule has 1 aromatic carbocycles. The van der Waals surface area contributed by atoms with Crippen LogP contribution in [0.2, 0.25) is 0 Å². The van der Waals surface area contributed by atoms with Gasteiger partial charge < -0.3 is 30.7 Å². The van der Waals surface area contributed by atoms with Crippen molar-refractivity contribution in [3.05, 3.63) is 90.8 Å². The number of imidazole rings is 1. The van der Waals surface area contributed by atoms with Gasteiger partial charge >= 0.3 is 0 Å². The number of pyridine rings is 1. The highest BCUT2D eigenvalue weighted by molar-refractivity contribution is 6.25. The number of nitrogens with zero attached hydrogens (tertiary/aromatic N) is 5. The summed E-state index contributed by atoms with van der Waals surface area (Å²) in [5.41, 5.74) is 9.54. The first-order chi connectivity index (χ1) is 28.0. The molecule has 0 saturated carbocycles. The maximum Gasteiger partial charge on any atom is 0.264 e. The smallest absolute Gasteiger partial charge is 0.264 e. The standard InChI is InChI=1S/C42H49N9O7/c1-5-7-8-14-33(49(4)40-29(6-2)46-38(28-12-10-20-45-37(28)43)50(40)31-16-15-26(31)3)47-35(53)19-22-57-24-25-58-23-21-44-30-13-9-11-27-36(30)42(56)51(41(27)55)32-17-18-34(52)48-39(32)54/h5-13,16,20,26,32-33,44H,1-2,14-15,17-19,21-25H2,3-4H3,(H2,43,45)(H,47,53)(H,48,52,54)/b8-7-/t26-,32?,33?/m1/s1. The lowest BCUT2D eigenvalue weighted by Gasteiger charge is -2.34. The molecule has 304 valence electrons. The molecule has 3 aliphatic rings. The number of carbonyl (C=O) groups excluding carboxylic acids is 5. The number of nitrogens with two attached hydrogens (primary N) is 1. The van der Waals surface area contributed by atoms with E-state index in [1.54, 1.807) is 36.5 Å². The molecule has 16 nitrogen and oxygen atoms in total. The van der Waals surface area contributed by atoms with Gasteiger partial charge in [-0.25, -0.2) is 9.97 Å². The number of rotatable bonds is 20. The van der Waals surface area contributed by atoms with Crippen LogP contribution in [-0.4, -0.2) is 101 Å². The van der Waals surface area contributed by atoms with Gasteiger partial charge in [0.25, 0.3) is 11.8 Å². The zero-order chi connectivity index (χ0) is 41.3. The SMILES string of the molecule is C=C/C=C\CC(NC(=O)CCOCCOCCNc1cccc2c1C(=O)N(C1CCC(=O)NC1=O)C2=O)N(C)c1c(C=C)nc(-c2cccnc2N)n1C1=CC[C@H]1C. The first-order valence-corrected chi connectivity index (χ1v) is 19.3. The van der Waals surface area contributed by atoms with Crippen LogP contribution < -0.4 is 26.6 Å². The molecule has 0 radical (unpaired) electrons. The van der Waals surface area contributed by atoms with Crippen LogP contribution in [0.3, 0.4) is 0 Å². The highest BCUT2D eigenvalue weighted by atomic mass is 16.5. The lowest BCUT2D eigenvalue weighted by molar-refractivity contribution is -0.136. The zero-order valence-corrected chi connectivity index (χ0v) is 32.7. The third-order valence-electron chi connectivity index (χ3n) is 10.2. The van der Waals surface area contributed by atoms with Crippen molar-refractivity contribution in [2.24, 2.45) is 5.92 Å². The Morgan fingerprint density at radius 2 is 1.86 bits per heavy atom.